The highest BCUT2D eigenvalue weighted by molar-refractivity contribution is 9.10. The molecule has 0 heterocycles. The molecule has 6 nitrogen and oxygen atoms in total. The van der Waals surface area contributed by atoms with Gasteiger partial charge in [0.05, 0.1) is 12.5 Å². The van der Waals surface area contributed by atoms with Gasteiger partial charge in [0.1, 0.15) is 11.3 Å². The predicted octanol–water partition coefficient (Wildman–Crippen LogP) is 2.05. The van der Waals surface area contributed by atoms with Gasteiger partial charge in [0, 0.05) is 16.1 Å². The van der Waals surface area contributed by atoms with Crippen LogP contribution in [-0.2, 0) is 9.53 Å². The first-order chi connectivity index (χ1) is 9.12. The monoisotopic (exact) mass is 345 g/mol. The molecule has 1 aromatic rings. The molecule has 110 valence electrons. The lowest BCUT2D eigenvalue weighted by molar-refractivity contribution is -0.152. The Bertz CT molecular complexity index is 556. The molecular formula is C13H16BrNO5. The topological polar surface area (TPSA) is 110 Å². The number of nitrogens with two attached hydrogens (primary N) is 1. The number of phenols is 1. The fourth-order valence-electron chi connectivity index (χ4n) is 1.80. The second-order valence-electron chi connectivity index (χ2n) is 4.89. The fourth-order valence-corrected chi connectivity index (χ4v) is 2.27. The minimum Gasteiger partial charge on any atom is -0.507 e. The number of methoxy groups -OCH3 is 1. The van der Waals surface area contributed by atoms with E-state index in [4.69, 9.17) is 10.8 Å². The van der Waals surface area contributed by atoms with Gasteiger partial charge in [0.2, 0.25) is 0 Å². The van der Waals surface area contributed by atoms with Crippen molar-refractivity contribution >= 4 is 27.9 Å². The van der Waals surface area contributed by atoms with Crippen LogP contribution in [0.25, 0.3) is 0 Å². The van der Waals surface area contributed by atoms with Gasteiger partial charge in [-0.2, -0.15) is 0 Å². The van der Waals surface area contributed by atoms with Crippen LogP contribution in [0.15, 0.2) is 16.6 Å². The molecule has 7 heteroatoms. The molecule has 1 atom stereocenters. The summed E-state index contributed by atoms with van der Waals surface area (Å²) in [6.07, 6.45) is 0. The van der Waals surface area contributed by atoms with Crippen molar-refractivity contribution in [2.45, 2.75) is 19.9 Å². The number of carboxylic acids is 1. The molecule has 20 heavy (non-hydrogen) atoms. The van der Waals surface area contributed by atoms with Crippen LogP contribution < -0.4 is 5.73 Å². The zero-order valence-electron chi connectivity index (χ0n) is 11.3. The number of rotatable bonds is 4. The van der Waals surface area contributed by atoms with E-state index in [1.807, 2.05) is 0 Å². The molecule has 0 radical (unpaired) electrons. The third-order valence-corrected chi connectivity index (χ3v) is 3.62. The standard InChI is InChI=1S/C13H16BrNO5/c1-13(2,12(19)20-3)10(15)7-4-6(14)5-8(9(7)16)11(17)18/h4-5,10,16H,15H2,1-3H3,(H,17,18)/t10-/m0/s1. The molecule has 0 amide bonds. The number of ether oxygens (including phenoxy) is 1. The molecule has 0 aliphatic heterocycles. The zero-order valence-corrected chi connectivity index (χ0v) is 12.9. The van der Waals surface area contributed by atoms with Crippen LogP contribution in [0.3, 0.4) is 0 Å². The van der Waals surface area contributed by atoms with E-state index in [1.165, 1.54) is 19.2 Å². The van der Waals surface area contributed by atoms with Gasteiger partial charge in [0.15, 0.2) is 0 Å². The molecule has 0 saturated heterocycles. The number of carboxylic acid groups (broad SMARTS) is 1. The number of esters is 1. The third-order valence-electron chi connectivity index (χ3n) is 3.16. The van der Waals surface area contributed by atoms with Crippen molar-refractivity contribution < 1.29 is 24.5 Å². The lowest BCUT2D eigenvalue weighted by atomic mass is 9.80. The summed E-state index contributed by atoms with van der Waals surface area (Å²) >= 11 is 3.16. The minimum absolute atomic E-state index is 0.159. The van der Waals surface area contributed by atoms with Crippen LogP contribution in [0.4, 0.5) is 0 Å². The van der Waals surface area contributed by atoms with Crippen molar-refractivity contribution in [3.05, 3.63) is 27.7 Å². The number of carbonyl (C=O) groups is 2. The summed E-state index contributed by atoms with van der Waals surface area (Å²) in [5.74, 6) is -2.29. The Labute approximate surface area is 124 Å². The summed E-state index contributed by atoms with van der Waals surface area (Å²) in [5, 5.41) is 19.1. The molecule has 0 unspecified atom stereocenters. The Hall–Kier alpha value is -1.60. The fraction of sp³-hybridized carbons (Fsp3) is 0.385. The van der Waals surface area contributed by atoms with Crippen molar-refractivity contribution in [1.82, 2.24) is 0 Å². The number of aromatic hydroxyl groups is 1. The number of carbonyl (C=O) groups excluding carboxylic acids is 1. The van der Waals surface area contributed by atoms with Gasteiger partial charge in [-0.25, -0.2) is 4.79 Å². The Balaban J connectivity index is 3.40. The Morgan fingerprint density at radius 2 is 1.95 bits per heavy atom. The van der Waals surface area contributed by atoms with Gasteiger partial charge >= 0.3 is 11.9 Å². The summed E-state index contributed by atoms with van der Waals surface area (Å²) in [4.78, 5) is 22.8. The Morgan fingerprint density at radius 1 is 1.40 bits per heavy atom. The minimum atomic E-state index is -1.28. The van der Waals surface area contributed by atoms with Crippen LogP contribution >= 0.6 is 15.9 Å². The van der Waals surface area contributed by atoms with E-state index in [0.717, 1.165) is 0 Å². The van der Waals surface area contributed by atoms with Crippen molar-refractivity contribution in [3.63, 3.8) is 0 Å². The molecule has 1 rings (SSSR count). The summed E-state index contributed by atoms with van der Waals surface area (Å²) in [6, 6.07) is 1.82. The van der Waals surface area contributed by atoms with E-state index in [2.05, 4.69) is 20.7 Å². The number of benzene rings is 1. The quantitative estimate of drug-likeness (QED) is 0.720. The van der Waals surface area contributed by atoms with Crippen molar-refractivity contribution in [3.8, 4) is 5.75 Å². The normalized spacial score (nSPS) is 12.8. The second-order valence-corrected chi connectivity index (χ2v) is 5.80. The van der Waals surface area contributed by atoms with Gasteiger partial charge in [0.25, 0.3) is 0 Å². The van der Waals surface area contributed by atoms with E-state index in [0.29, 0.717) is 4.47 Å². The molecular weight excluding hydrogens is 330 g/mol. The zero-order chi connectivity index (χ0) is 15.7. The van der Waals surface area contributed by atoms with Crippen LogP contribution in [0.2, 0.25) is 0 Å². The molecule has 1 aromatic carbocycles. The summed E-state index contributed by atoms with van der Waals surface area (Å²) in [5.41, 5.74) is 4.76. The highest BCUT2D eigenvalue weighted by Gasteiger charge is 2.38. The first-order valence-electron chi connectivity index (χ1n) is 5.72. The lowest BCUT2D eigenvalue weighted by Crippen LogP contribution is -2.37. The van der Waals surface area contributed by atoms with E-state index < -0.39 is 29.1 Å². The predicted molar refractivity (Wildman–Crippen MR) is 75.5 cm³/mol. The molecule has 0 bridgehead atoms. The highest BCUT2D eigenvalue weighted by Crippen LogP contribution is 2.39. The largest absolute Gasteiger partial charge is 0.507 e. The smallest absolute Gasteiger partial charge is 0.339 e. The molecule has 0 aliphatic rings. The van der Waals surface area contributed by atoms with Crippen molar-refractivity contribution in [2.24, 2.45) is 11.1 Å². The van der Waals surface area contributed by atoms with Gasteiger partial charge in [-0.1, -0.05) is 15.9 Å². The van der Waals surface area contributed by atoms with Crippen molar-refractivity contribution in [2.75, 3.05) is 7.11 Å². The third kappa shape index (κ3) is 2.94. The lowest BCUT2D eigenvalue weighted by Gasteiger charge is -2.29. The number of hydrogen-bond acceptors (Lipinski definition) is 5. The number of halogens is 1. The maximum Gasteiger partial charge on any atom is 0.339 e. The molecule has 0 spiro atoms. The first kappa shape index (κ1) is 16.5. The highest BCUT2D eigenvalue weighted by atomic mass is 79.9. The maximum atomic E-state index is 11.8. The van der Waals surface area contributed by atoms with Gasteiger partial charge in [-0.05, 0) is 26.0 Å². The van der Waals surface area contributed by atoms with Crippen LogP contribution in [0, 0.1) is 5.41 Å². The molecule has 4 N–H and O–H groups in total. The van der Waals surface area contributed by atoms with Crippen LogP contribution in [0.1, 0.15) is 35.8 Å². The van der Waals surface area contributed by atoms with Gasteiger partial charge < -0.3 is 20.7 Å². The summed E-state index contributed by atoms with van der Waals surface area (Å²) in [6.45, 7) is 3.12. The van der Waals surface area contributed by atoms with Gasteiger partial charge in [-0.15, -0.1) is 0 Å². The van der Waals surface area contributed by atoms with E-state index in [1.54, 1.807) is 13.8 Å². The van der Waals surface area contributed by atoms with Gasteiger partial charge in [-0.3, -0.25) is 4.79 Å². The number of hydrogen-bond donors (Lipinski definition) is 3. The SMILES string of the molecule is COC(=O)C(C)(C)[C@@H](N)c1cc(Br)cc(C(=O)O)c1O. The van der Waals surface area contributed by atoms with Crippen LogP contribution in [-0.4, -0.2) is 29.3 Å². The van der Waals surface area contributed by atoms with E-state index >= 15 is 0 Å². The second kappa shape index (κ2) is 5.80. The van der Waals surface area contributed by atoms with Crippen LogP contribution in [0.5, 0.6) is 5.75 Å². The molecule has 0 aromatic heterocycles. The van der Waals surface area contributed by atoms with E-state index in [-0.39, 0.29) is 11.1 Å². The number of aromatic carboxylic acids is 1. The Kier molecular flexibility index (Phi) is 4.77. The summed E-state index contributed by atoms with van der Waals surface area (Å²) in [7, 11) is 1.24. The first-order valence-corrected chi connectivity index (χ1v) is 6.52. The molecule has 0 fully saturated rings. The maximum absolute atomic E-state index is 11.8. The Morgan fingerprint density at radius 3 is 2.40 bits per heavy atom. The summed E-state index contributed by atoms with van der Waals surface area (Å²) < 4.78 is 5.12. The average Bonchev–Trinajstić information content (AvgIpc) is 2.38. The molecule has 0 aliphatic carbocycles. The average molecular weight is 346 g/mol. The molecule has 0 saturated carbocycles. The van der Waals surface area contributed by atoms with E-state index in [9.17, 15) is 14.7 Å². The van der Waals surface area contributed by atoms with Crippen molar-refractivity contribution in [1.29, 1.82) is 0 Å².